The van der Waals surface area contributed by atoms with Crippen LogP contribution in [0.15, 0.2) is 47.6 Å². The fraction of sp³-hybridized carbons (Fsp3) is 0.452. The van der Waals surface area contributed by atoms with Crippen LogP contribution in [0, 0.1) is 0 Å². The molecule has 0 bridgehead atoms. The summed E-state index contributed by atoms with van der Waals surface area (Å²) in [6.07, 6.45) is 5.08. The van der Waals surface area contributed by atoms with Crippen molar-refractivity contribution < 1.29 is 38.0 Å². The van der Waals surface area contributed by atoms with E-state index in [1.54, 1.807) is 20.3 Å². The first-order valence-corrected chi connectivity index (χ1v) is 12.9. The first kappa shape index (κ1) is 30.2. The van der Waals surface area contributed by atoms with E-state index in [9.17, 15) is 4.79 Å². The molecule has 0 aromatic heterocycles. The fourth-order valence-corrected chi connectivity index (χ4v) is 4.21. The lowest BCUT2D eigenvalue weighted by Gasteiger charge is -2.30. The predicted molar refractivity (Wildman–Crippen MR) is 149 cm³/mol. The molecule has 0 radical (unpaired) electrons. The molecule has 1 aliphatic heterocycles. The Balaban J connectivity index is 2.10. The van der Waals surface area contributed by atoms with Gasteiger partial charge in [-0.3, -0.25) is 4.79 Å². The third kappa shape index (κ3) is 8.08. The van der Waals surface area contributed by atoms with Crippen molar-refractivity contribution in [1.82, 2.24) is 0 Å². The molecule has 2 aromatic rings. The summed E-state index contributed by atoms with van der Waals surface area (Å²) in [4.78, 5) is 13.6. The number of benzene rings is 2. The number of methoxy groups -OCH3 is 3. The summed E-state index contributed by atoms with van der Waals surface area (Å²) in [5, 5.41) is 0. The number of ketones is 1. The number of fused-ring (bicyclic) bond motifs is 1. The maximum absolute atomic E-state index is 13.6. The van der Waals surface area contributed by atoms with Gasteiger partial charge in [0.05, 0.1) is 6.42 Å². The Labute approximate surface area is 231 Å². The van der Waals surface area contributed by atoms with Crippen LogP contribution in [-0.4, -0.2) is 47.5 Å². The van der Waals surface area contributed by atoms with Crippen LogP contribution in [0.3, 0.4) is 0 Å². The zero-order valence-corrected chi connectivity index (χ0v) is 24.1. The van der Waals surface area contributed by atoms with E-state index >= 15 is 0 Å². The van der Waals surface area contributed by atoms with Gasteiger partial charge in [-0.15, -0.1) is 0 Å². The van der Waals surface area contributed by atoms with Crippen LogP contribution in [0.1, 0.15) is 67.3 Å². The summed E-state index contributed by atoms with van der Waals surface area (Å²) in [6.45, 7) is 8.33. The van der Waals surface area contributed by atoms with E-state index in [0.717, 1.165) is 28.0 Å². The van der Waals surface area contributed by atoms with Crippen molar-refractivity contribution in [2.24, 2.45) is 0 Å². The molecule has 0 amide bonds. The minimum absolute atomic E-state index is 0.0170. The van der Waals surface area contributed by atoms with Crippen molar-refractivity contribution >= 4 is 5.78 Å². The highest BCUT2D eigenvalue weighted by Gasteiger charge is 2.34. The van der Waals surface area contributed by atoms with Gasteiger partial charge in [0.1, 0.15) is 34.7 Å². The van der Waals surface area contributed by atoms with E-state index in [1.165, 1.54) is 12.7 Å². The van der Waals surface area contributed by atoms with E-state index in [4.69, 9.17) is 33.2 Å². The summed E-state index contributed by atoms with van der Waals surface area (Å²) in [5.41, 5.74) is 5.36. The van der Waals surface area contributed by atoms with Gasteiger partial charge in [-0.25, -0.2) is 0 Å². The third-order valence-corrected chi connectivity index (χ3v) is 6.11. The zero-order valence-electron chi connectivity index (χ0n) is 24.1. The van der Waals surface area contributed by atoms with Gasteiger partial charge in [0.25, 0.3) is 0 Å². The van der Waals surface area contributed by atoms with E-state index in [-0.39, 0.29) is 32.6 Å². The Hall–Kier alpha value is -3.33. The van der Waals surface area contributed by atoms with Gasteiger partial charge in [0.15, 0.2) is 26.2 Å². The SMILES string of the molecule is COCOc1ccc(C2CC(=O)c3c(OCOC)cc(OCOC)c(CC=C(C)C)c3O2)cc1CC=C(C)C. The largest absolute Gasteiger partial charge is 0.484 e. The molecule has 8 nitrogen and oxygen atoms in total. The molecule has 0 saturated carbocycles. The summed E-state index contributed by atoms with van der Waals surface area (Å²) < 4.78 is 39.5. The Bertz CT molecular complexity index is 1190. The molecule has 39 heavy (non-hydrogen) atoms. The molecule has 0 aliphatic carbocycles. The van der Waals surface area contributed by atoms with Crippen molar-refractivity contribution in [2.75, 3.05) is 41.7 Å². The smallest absolute Gasteiger partial charge is 0.188 e. The molecule has 1 atom stereocenters. The summed E-state index contributed by atoms with van der Waals surface area (Å²) in [6, 6.07) is 7.59. The van der Waals surface area contributed by atoms with Crippen LogP contribution in [0.2, 0.25) is 0 Å². The maximum atomic E-state index is 13.6. The van der Waals surface area contributed by atoms with E-state index < -0.39 is 6.10 Å². The molecule has 0 fully saturated rings. The molecule has 2 aromatic carbocycles. The van der Waals surface area contributed by atoms with Gasteiger partial charge in [-0.05, 0) is 63.8 Å². The lowest BCUT2D eigenvalue weighted by molar-refractivity contribution is 0.0433. The van der Waals surface area contributed by atoms with Crippen LogP contribution < -0.4 is 18.9 Å². The van der Waals surface area contributed by atoms with Crippen molar-refractivity contribution in [2.45, 2.75) is 53.1 Å². The van der Waals surface area contributed by atoms with Crippen LogP contribution in [0.5, 0.6) is 23.0 Å². The number of hydrogen-bond donors (Lipinski definition) is 0. The molecular weight excluding hydrogens is 500 g/mol. The minimum atomic E-state index is -0.495. The number of rotatable bonds is 14. The molecular formula is C31H40O8. The van der Waals surface area contributed by atoms with E-state index in [1.807, 2.05) is 32.0 Å². The lowest BCUT2D eigenvalue weighted by atomic mass is 9.91. The minimum Gasteiger partial charge on any atom is -0.484 e. The van der Waals surface area contributed by atoms with Crippen molar-refractivity contribution in [3.63, 3.8) is 0 Å². The van der Waals surface area contributed by atoms with Crippen LogP contribution in [0.4, 0.5) is 0 Å². The van der Waals surface area contributed by atoms with E-state index in [2.05, 4.69) is 26.0 Å². The lowest BCUT2D eigenvalue weighted by Crippen LogP contribution is -2.23. The second kappa shape index (κ2) is 14.7. The van der Waals surface area contributed by atoms with Crippen molar-refractivity contribution in [3.8, 4) is 23.0 Å². The van der Waals surface area contributed by atoms with Gasteiger partial charge in [-0.1, -0.05) is 29.4 Å². The second-order valence-corrected chi connectivity index (χ2v) is 9.78. The summed E-state index contributed by atoms with van der Waals surface area (Å²) in [5.74, 6) is 2.00. The van der Waals surface area contributed by atoms with E-state index in [0.29, 0.717) is 35.7 Å². The Morgan fingerprint density at radius 1 is 0.821 bits per heavy atom. The Kier molecular flexibility index (Phi) is 11.4. The summed E-state index contributed by atoms with van der Waals surface area (Å²) >= 11 is 0. The molecule has 3 rings (SSSR count). The number of carbonyl (C=O) groups is 1. The summed E-state index contributed by atoms with van der Waals surface area (Å²) in [7, 11) is 4.67. The number of carbonyl (C=O) groups excluding carboxylic acids is 1. The molecule has 212 valence electrons. The second-order valence-electron chi connectivity index (χ2n) is 9.78. The van der Waals surface area contributed by atoms with Gasteiger partial charge in [0.2, 0.25) is 0 Å². The van der Waals surface area contributed by atoms with Crippen molar-refractivity contribution in [3.05, 3.63) is 69.8 Å². The molecule has 0 saturated heterocycles. The quantitative estimate of drug-likeness (QED) is 0.202. The monoisotopic (exact) mass is 540 g/mol. The van der Waals surface area contributed by atoms with Gasteiger partial charge in [-0.2, -0.15) is 0 Å². The molecule has 8 heteroatoms. The fourth-order valence-electron chi connectivity index (χ4n) is 4.21. The number of hydrogen-bond acceptors (Lipinski definition) is 8. The first-order valence-electron chi connectivity index (χ1n) is 12.9. The average Bonchev–Trinajstić information content (AvgIpc) is 2.91. The number of ether oxygens (including phenoxy) is 7. The average molecular weight is 541 g/mol. The predicted octanol–water partition coefficient (Wildman–Crippen LogP) is 6.36. The molecule has 1 aliphatic rings. The highest BCUT2D eigenvalue weighted by molar-refractivity contribution is 6.03. The van der Waals surface area contributed by atoms with Crippen LogP contribution >= 0.6 is 0 Å². The number of allylic oxidation sites excluding steroid dienone is 4. The van der Waals surface area contributed by atoms with Crippen LogP contribution in [-0.2, 0) is 27.1 Å². The first-order chi connectivity index (χ1) is 18.8. The highest BCUT2D eigenvalue weighted by Crippen LogP contribution is 2.47. The van der Waals surface area contributed by atoms with Gasteiger partial charge in [0, 0.05) is 33.0 Å². The highest BCUT2D eigenvalue weighted by atomic mass is 16.7. The van der Waals surface area contributed by atoms with Gasteiger partial charge >= 0.3 is 0 Å². The zero-order chi connectivity index (χ0) is 28.4. The van der Waals surface area contributed by atoms with Crippen molar-refractivity contribution in [1.29, 1.82) is 0 Å². The Morgan fingerprint density at radius 2 is 1.41 bits per heavy atom. The third-order valence-electron chi connectivity index (χ3n) is 6.11. The molecule has 0 spiro atoms. The van der Waals surface area contributed by atoms with Crippen LogP contribution in [0.25, 0.3) is 0 Å². The molecule has 1 unspecified atom stereocenters. The normalized spacial score (nSPS) is 14.2. The van der Waals surface area contributed by atoms with Gasteiger partial charge < -0.3 is 33.2 Å². The topological polar surface area (TPSA) is 81.7 Å². The Morgan fingerprint density at radius 3 is 2.03 bits per heavy atom. The number of Topliss-reactive ketones (excluding diaryl/α,β-unsaturated/α-hetero) is 1. The molecule has 0 N–H and O–H groups in total. The standard InChI is InChI=1S/C31H40O8/c1-20(2)8-10-22-14-23(11-13-26(22)36-17-33-5)27-15-25(32)30-29(38-19-35-7)16-28(37-18-34-6)24(31(30)39-27)12-9-21(3)4/h8-9,11,13-14,16,27H,10,12,15,17-19H2,1-7H3. The maximum Gasteiger partial charge on any atom is 0.188 e. The molecule has 1 heterocycles.